The normalized spacial score (nSPS) is 20.3. The van der Waals surface area contributed by atoms with E-state index in [-0.39, 0.29) is 45.0 Å². The summed E-state index contributed by atoms with van der Waals surface area (Å²) in [5.74, 6) is -1.93. The van der Waals surface area contributed by atoms with Crippen LogP contribution >= 0.6 is 0 Å². The molecule has 46 heavy (non-hydrogen) atoms. The Labute approximate surface area is 267 Å². The van der Waals surface area contributed by atoms with E-state index in [1.165, 1.54) is 11.1 Å². The van der Waals surface area contributed by atoms with Crippen molar-refractivity contribution in [2.24, 2.45) is 11.3 Å². The van der Waals surface area contributed by atoms with Gasteiger partial charge in [0.25, 0.3) is 5.91 Å². The van der Waals surface area contributed by atoms with Gasteiger partial charge in [-0.05, 0) is 77.0 Å². The second kappa shape index (κ2) is 14.4. The molecule has 2 aliphatic heterocycles. The van der Waals surface area contributed by atoms with Gasteiger partial charge < -0.3 is 24.7 Å². The number of carboxylic acids is 1. The number of aromatic nitrogens is 1. The van der Waals surface area contributed by atoms with Crippen LogP contribution in [0, 0.1) is 11.3 Å². The smallest absolute Gasteiger partial charge is 0.418 e. The third-order valence-corrected chi connectivity index (χ3v) is 9.33. The maximum absolute atomic E-state index is 13.9. The summed E-state index contributed by atoms with van der Waals surface area (Å²) in [7, 11) is 0. The van der Waals surface area contributed by atoms with E-state index < -0.39 is 52.3 Å². The van der Waals surface area contributed by atoms with Crippen LogP contribution in [0.4, 0.5) is 13.2 Å². The van der Waals surface area contributed by atoms with Gasteiger partial charge in [-0.15, -0.1) is 0 Å². The van der Waals surface area contributed by atoms with Crippen molar-refractivity contribution in [1.29, 1.82) is 0 Å². The van der Waals surface area contributed by atoms with Gasteiger partial charge in [0.15, 0.2) is 0 Å². The van der Waals surface area contributed by atoms with Crippen molar-refractivity contribution in [2.45, 2.75) is 90.0 Å². The zero-order valence-corrected chi connectivity index (χ0v) is 26.7. The van der Waals surface area contributed by atoms with Crippen molar-refractivity contribution < 1.29 is 42.5 Å². The molecule has 252 valence electrons. The lowest BCUT2D eigenvalue weighted by atomic mass is 9.81. The second-order valence-electron chi connectivity index (χ2n) is 13.0. The molecule has 4 rings (SSSR count). The number of carbonyl (C=O) groups is 3. The van der Waals surface area contributed by atoms with Crippen LogP contribution in [0.1, 0.15) is 93.8 Å². The number of amides is 2. The van der Waals surface area contributed by atoms with Gasteiger partial charge in [0.1, 0.15) is 11.4 Å². The number of aliphatic hydroxyl groups is 1. The van der Waals surface area contributed by atoms with E-state index in [0.717, 1.165) is 12.1 Å². The summed E-state index contributed by atoms with van der Waals surface area (Å²) in [6.07, 6.45) is -0.0336. The van der Waals surface area contributed by atoms with Crippen LogP contribution in [-0.2, 0) is 21.4 Å². The number of likely N-dealkylation sites (tertiary alicyclic amines) is 2. The predicted molar refractivity (Wildman–Crippen MR) is 164 cm³/mol. The lowest BCUT2D eigenvalue weighted by Gasteiger charge is -2.45. The minimum Gasteiger partial charge on any atom is -0.493 e. The van der Waals surface area contributed by atoms with E-state index in [1.54, 1.807) is 43.0 Å². The van der Waals surface area contributed by atoms with Gasteiger partial charge in [0.2, 0.25) is 5.91 Å². The van der Waals surface area contributed by atoms with Gasteiger partial charge in [0.05, 0.1) is 29.1 Å². The van der Waals surface area contributed by atoms with Crippen LogP contribution in [0.5, 0.6) is 5.75 Å². The van der Waals surface area contributed by atoms with Gasteiger partial charge in [-0.3, -0.25) is 19.4 Å². The number of para-hydroxylation sites is 1. The molecule has 2 aliphatic rings. The topological polar surface area (TPSA) is 120 Å². The van der Waals surface area contributed by atoms with Crippen molar-refractivity contribution in [3.05, 3.63) is 59.4 Å². The monoisotopic (exact) mass is 647 g/mol. The highest BCUT2D eigenvalue weighted by molar-refractivity contribution is 5.95. The number of pyridine rings is 1. The van der Waals surface area contributed by atoms with Gasteiger partial charge in [0, 0.05) is 37.4 Å². The fourth-order valence-corrected chi connectivity index (χ4v) is 6.57. The Kier molecular flexibility index (Phi) is 11.0. The van der Waals surface area contributed by atoms with Crippen molar-refractivity contribution in [1.82, 2.24) is 14.8 Å². The summed E-state index contributed by atoms with van der Waals surface area (Å²) < 4.78 is 47.1. The number of nitrogens with zero attached hydrogens (tertiary/aromatic N) is 3. The van der Waals surface area contributed by atoms with Gasteiger partial charge in [-0.1, -0.05) is 31.5 Å². The number of piperidine rings is 2. The van der Waals surface area contributed by atoms with Crippen LogP contribution < -0.4 is 4.74 Å². The molecule has 2 unspecified atom stereocenters. The minimum absolute atomic E-state index is 0.166. The zero-order chi connectivity index (χ0) is 33.7. The standard InChI is InChI=1S/C34H44F3N3O6/c1-4-10-26-23(11-8-19-40(26)30(42)28-25(34(35,36)37)13-7-18-38-28)29(41)39-20-16-33(45,17-21-39)24-12-5-6-14-27(24)46-22-9-15-32(2,3)31(43)44/h5-7,12-14,18,23,26,45H,4,8-11,15-17,19-22H2,1-3H3,(H,43,44). The molecular formula is C34H44F3N3O6. The number of benzene rings is 1. The third kappa shape index (κ3) is 7.82. The lowest BCUT2D eigenvalue weighted by Crippen LogP contribution is -2.55. The number of carboxylic acid groups (broad SMARTS) is 1. The Morgan fingerprint density at radius 2 is 1.76 bits per heavy atom. The highest BCUT2D eigenvalue weighted by Crippen LogP contribution is 2.40. The third-order valence-electron chi connectivity index (χ3n) is 9.33. The van der Waals surface area contributed by atoms with Crippen LogP contribution in [-0.4, -0.2) is 75.1 Å². The summed E-state index contributed by atoms with van der Waals surface area (Å²) in [5, 5.41) is 21.1. The van der Waals surface area contributed by atoms with E-state index in [1.807, 2.05) is 6.92 Å². The predicted octanol–water partition coefficient (Wildman–Crippen LogP) is 5.90. The molecule has 12 heteroatoms. The van der Waals surface area contributed by atoms with E-state index in [4.69, 9.17) is 4.74 Å². The van der Waals surface area contributed by atoms with Crippen LogP contribution in [0.25, 0.3) is 0 Å². The second-order valence-corrected chi connectivity index (χ2v) is 13.0. The summed E-state index contributed by atoms with van der Waals surface area (Å²) >= 11 is 0. The van der Waals surface area contributed by atoms with Crippen molar-refractivity contribution in [3.8, 4) is 5.75 Å². The Morgan fingerprint density at radius 1 is 1.07 bits per heavy atom. The molecule has 2 saturated heterocycles. The lowest BCUT2D eigenvalue weighted by molar-refractivity contribution is -0.147. The number of carbonyl (C=O) groups excluding carboxylic acids is 2. The molecule has 2 fully saturated rings. The van der Waals surface area contributed by atoms with Crippen LogP contribution in [0.2, 0.25) is 0 Å². The molecule has 1 aromatic heterocycles. The molecule has 0 bridgehead atoms. The Bertz CT molecular complexity index is 1390. The van der Waals surface area contributed by atoms with Gasteiger partial charge in [-0.25, -0.2) is 0 Å². The molecule has 2 amide bonds. The Balaban J connectivity index is 1.44. The highest BCUT2D eigenvalue weighted by atomic mass is 19.4. The molecule has 0 aliphatic carbocycles. The first-order chi connectivity index (χ1) is 21.7. The van der Waals surface area contributed by atoms with Gasteiger partial charge in [-0.2, -0.15) is 13.2 Å². The number of ether oxygens (including phenoxy) is 1. The number of rotatable bonds is 11. The Hall–Kier alpha value is -3.67. The average molecular weight is 648 g/mol. The van der Waals surface area contributed by atoms with Gasteiger partial charge >= 0.3 is 12.1 Å². The zero-order valence-electron chi connectivity index (χ0n) is 26.7. The molecule has 2 N–H and O–H groups in total. The largest absolute Gasteiger partial charge is 0.493 e. The maximum Gasteiger partial charge on any atom is 0.418 e. The first kappa shape index (κ1) is 35.2. The van der Waals surface area contributed by atoms with E-state index in [2.05, 4.69) is 4.98 Å². The summed E-state index contributed by atoms with van der Waals surface area (Å²) in [5.41, 5.74) is -3.26. The minimum atomic E-state index is -4.74. The van der Waals surface area contributed by atoms with E-state index >= 15 is 0 Å². The molecule has 0 spiro atoms. The number of aliphatic carboxylic acids is 1. The molecule has 0 radical (unpaired) electrons. The highest BCUT2D eigenvalue weighted by Gasteiger charge is 2.45. The molecular weight excluding hydrogens is 603 g/mol. The maximum atomic E-state index is 13.9. The number of hydrogen-bond donors (Lipinski definition) is 2. The number of hydrogen-bond acceptors (Lipinski definition) is 6. The van der Waals surface area contributed by atoms with Crippen molar-refractivity contribution in [2.75, 3.05) is 26.2 Å². The molecule has 2 atom stereocenters. The summed E-state index contributed by atoms with van der Waals surface area (Å²) in [4.78, 5) is 45.7. The Morgan fingerprint density at radius 3 is 2.41 bits per heavy atom. The first-order valence-corrected chi connectivity index (χ1v) is 16.0. The summed E-state index contributed by atoms with van der Waals surface area (Å²) in [6, 6.07) is 8.60. The fourth-order valence-electron chi connectivity index (χ4n) is 6.57. The number of alkyl halides is 3. The molecule has 0 saturated carbocycles. The molecule has 1 aromatic carbocycles. The van der Waals surface area contributed by atoms with Crippen molar-refractivity contribution >= 4 is 17.8 Å². The van der Waals surface area contributed by atoms with E-state index in [0.29, 0.717) is 49.8 Å². The average Bonchev–Trinajstić information content (AvgIpc) is 3.03. The van der Waals surface area contributed by atoms with Crippen LogP contribution in [0.15, 0.2) is 42.6 Å². The quantitative estimate of drug-likeness (QED) is 0.292. The fraction of sp³-hybridized carbons (Fsp3) is 0.588. The SMILES string of the molecule is CCCC1C(C(=O)N2CCC(O)(c3ccccc3OCCCC(C)(C)C(=O)O)CC2)CCCN1C(=O)c1ncccc1C(F)(F)F. The van der Waals surface area contributed by atoms with Crippen LogP contribution in [0.3, 0.4) is 0 Å². The molecule has 3 heterocycles. The molecule has 2 aromatic rings. The summed E-state index contributed by atoms with van der Waals surface area (Å²) in [6.45, 7) is 6.29. The molecule has 9 nitrogen and oxygen atoms in total. The van der Waals surface area contributed by atoms with Crippen molar-refractivity contribution in [3.63, 3.8) is 0 Å². The number of halogens is 3. The first-order valence-electron chi connectivity index (χ1n) is 16.0. The van der Waals surface area contributed by atoms with E-state index in [9.17, 15) is 37.8 Å².